The molecule has 8 rings (SSSR count). The number of benzene rings is 4. The minimum atomic E-state index is -0.0550. The van der Waals surface area contributed by atoms with Gasteiger partial charge in [0.05, 0.1) is 42.2 Å². The average Bonchev–Trinajstić information content (AvgIpc) is 3.15. The van der Waals surface area contributed by atoms with Crippen LogP contribution in [0.5, 0.6) is 23.0 Å². The molecule has 0 atom stereocenters. The molecule has 8 aromatic rings. The van der Waals surface area contributed by atoms with E-state index in [4.69, 9.17) is 46.4 Å². The normalized spacial score (nSPS) is 10.2. The Bertz CT molecular complexity index is 2260. The van der Waals surface area contributed by atoms with Crippen molar-refractivity contribution in [3.63, 3.8) is 0 Å². The van der Waals surface area contributed by atoms with Crippen LogP contribution in [0.15, 0.2) is 97.6 Å². The Morgan fingerprint density at radius 1 is 0.370 bits per heavy atom. The maximum Gasteiger partial charge on any atom is 2.00 e. The summed E-state index contributed by atoms with van der Waals surface area (Å²) in [6.45, 7) is 0. The Labute approximate surface area is 408 Å². The summed E-state index contributed by atoms with van der Waals surface area (Å²) in [5.41, 5.74) is 1.78. The van der Waals surface area contributed by atoms with E-state index in [1.807, 2.05) is 90.4 Å². The van der Waals surface area contributed by atoms with Gasteiger partial charge in [-0.2, -0.15) is 0 Å². The van der Waals surface area contributed by atoms with Crippen LogP contribution in [0.2, 0.25) is 20.1 Å². The summed E-state index contributed by atoms with van der Waals surface area (Å²) >= 11 is 31.6. The summed E-state index contributed by atoms with van der Waals surface area (Å²) in [6.07, 6.45) is 6.37. The van der Waals surface area contributed by atoms with E-state index in [1.54, 1.807) is 97.6 Å². The van der Waals surface area contributed by atoms with Crippen molar-refractivity contribution < 1.29 is 59.4 Å². The maximum absolute atomic E-state index is 11.6. The van der Waals surface area contributed by atoms with Crippen LogP contribution in [0.3, 0.4) is 0 Å². The summed E-state index contributed by atoms with van der Waals surface area (Å²) in [6, 6.07) is 20.9. The standard InChI is InChI=1S/4C9H5ClINO.2Zn/c4*10-6-4-7(11)9(13)8-5(6)2-1-3-12-8;;/h4*1-4,13H;;/q;;;;2*+2/p-4. The number of nitrogens with zero attached hydrogens (tertiary/aromatic N) is 4. The van der Waals surface area contributed by atoms with Gasteiger partial charge in [0.2, 0.25) is 0 Å². The molecule has 54 heavy (non-hydrogen) atoms. The number of rotatable bonds is 0. The third-order valence-corrected chi connectivity index (χ3v) is 11.5. The number of hydrogen-bond acceptors (Lipinski definition) is 8. The molecule has 0 aliphatic heterocycles. The Balaban J connectivity index is 0.000000191. The number of aromatic nitrogens is 4. The van der Waals surface area contributed by atoms with Crippen LogP contribution >= 0.6 is 137 Å². The van der Waals surface area contributed by atoms with Crippen molar-refractivity contribution in [1.29, 1.82) is 0 Å². The number of fused-ring (bicyclic) bond motifs is 4. The van der Waals surface area contributed by atoms with Crippen molar-refractivity contribution in [1.82, 2.24) is 19.9 Å². The Morgan fingerprint density at radius 2 is 0.556 bits per heavy atom. The van der Waals surface area contributed by atoms with Gasteiger partial charge in [-0.25, -0.2) is 0 Å². The summed E-state index contributed by atoms with van der Waals surface area (Å²) in [4.78, 5) is 16.0. The third-order valence-electron chi connectivity index (χ3n) is 7.00. The fourth-order valence-corrected chi connectivity index (χ4v) is 8.64. The summed E-state index contributed by atoms with van der Waals surface area (Å²) in [5, 5.41) is 51.4. The number of hydrogen-bond donors (Lipinski definition) is 0. The molecule has 8 nitrogen and oxygen atoms in total. The molecule has 18 heteroatoms. The van der Waals surface area contributed by atoms with E-state index in [0.29, 0.717) is 56.4 Å². The van der Waals surface area contributed by atoms with Crippen molar-refractivity contribution in [2.24, 2.45) is 0 Å². The molecule has 0 N–H and O–H groups in total. The molecule has 4 aromatic carbocycles. The zero-order valence-corrected chi connectivity index (χ0v) is 44.7. The van der Waals surface area contributed by atoms with E-state index < -0.39 is 0 Å². The molecule has 0 bridgehead atoms. The van der Waals surface area contributed by atoms with E-state index in [1.165, 1.54) is 0 Å². The molecule has 0 fully saturated rings. The fourth-order valence-electron chi connectivity index (χ4n) is 4.59. The molecule has 4 aromatic heterocycles. The summed E-state index contributed by atoms with van der Waals surface area (Å²) in [5.74, 6) is -0.220. The molecule has 0 saturated heterocycles. The van der Waals surface area contributed by atoms with E-state index in [-0.39, 0.29) is 62.0 Å². The molecule has 0 spiro atoms. The van der Waals surface area contributed by atoms with E-state index in [9.17, 15) is 20.4 Å². The summed E-state index contributed by atoms with van der Waals surface area (Å²) < 4.78 is 2.42. The molecule has 0 amide bonds. The van der Waals surface area contributed by atoms with Gasteiger partial charge in [-0.1, -0.05) is 69.4 Å². The van der Waals surface area contributed by atoms with Crippen LogP contribution in [0.4, 0.5) is 0 Å². The van der Waals surface area contributed by atoms with Gasteiger partial charge < -0.3 is 20.4 Å². The van der Waals surface area contributed by atoms with Crippen molar-refractivity contribution in [3.05, 3.63) is 132 Å². The first kappa shape index (κ1) is 47.4. The van der Waals surface area contributed by atoms with Gasteiger partial charge in [0.15, 0.2) is 0 Å². The van der Waals surface area contributed by atoms with Crippen molar-refractivity contribution >= 4 is 180 Å². The average molecular weight is 1350 g/mol. The van der Waals surface area contributed by atoms with Crippen molar-refractivity contribution in [2.45, 2.75) is 0 Å². The van der Waals surface area contributed by atoms with Crippen LogP contribution in [0, 0.1) is 14.3 Å². The van der Waals surface area contributed by atoms with Gasteiger partial charge in [0.1, 0.15) is 0 Å². The quantitative estimate of drug-likeness (QED) is 0.108. The smallest absolute Gasteiger partial charge is 0.870 e. The minimum Gasteiger partial charge on any atom is -0.870 e. The molecule has 0 unspecified atom stereocenters. The largest absolute Gasteiger partial charge is 2.00 e. The molecule has 0 aliphatic carbocycles. The van der Waals surface area contributed by atoms with E-state index in [0.717, 1.165) is 21.5 Å². The van der Waals surface area contributed by atoms with E-state index in [2.05, 4.69) is 19.9 Å². The van der Waals surface area contributed by atoms with Gasteiger partial charge in [-0.3, -0.25) is 19.9 Å². The number of halogens is 8. The van der Waals surface area contributed by atoms with Gasteiger partial charge in [-0.05, 0) is 163 Å². The first-order chi connectivity index (χ1) is 24.8. The Hall–Kier alpha value is -0.953. The predicted octanol–water partition coefficient (Wildman–Crippen LogP) is 10.3. The van der Waals surface area contributed by atoms with Crippen molar-refractivity contribution in [2.75, 3.05) is 0 Å². The van der Waals surface area contributed by atoms with Gasteiger partial charge in [0.25, 0.3) is 0 Å². The Kier molecular flexibility index (Phi) is 19.1. The van der Waals surface area contributed by atoms with Crippen LogP contribution < -0.4 is 20.4 Å². The molecular formula is C36H16Cl4I4N4O4Zn2. The second-order valence-corrected chi connectivity index (χ2v) is 16.6. The monoisotopic (exact) mass is 1340 g/mol. The predicted molar refractivity (Wildman–Crippen MR) is 236 cm³/mol. The molecule has 264 valence electrons. The van der Waals surface area contributed by atoms with Gasteiger partial charge >= 0.3 is 39.0 Å². The van der Waals surface area contributed by atoms with Crippen LogP contribution in [0.25, 0.3) is 43.6 Å². The van der Waals surface area contributed by atoms with Crippen LogP contribution in [-0.4, -0.2) is 19.9 Å². The van der Waals surface area contributed by atoms with Gasteiger partial charge in [0, 0.05) is 60.6 Å². The zero-order valence-electron chi connectivity index (χ0n) is 27.1. The fraction of sp³-hybridized carbons (Fsp3) is 0. The summed E-state index contributed by atoms with van der Waals surface area (Å²) in [7, 11) is 0. The first-order valence-electron chi connectivity index (χ1n) is 14.4. The molecule has 0 radical (unpaired) electrons. The Morgan fingerprint density at radius 3 is 0.741 bits per heavy atom. The second kappa shape index (κ2) is 21.7. The van der Waals surface area contributed by atoms with Crippen LogP contribution in [-0.2, 0) is 39.0 Å². The third kappa shape index (κ3) is 11.2. The van der Waals surface area contributed by atoms with Crippen molar-refractivity contribution in [3.8, 4) is 23.0 Å². The molecular weight excluding hydrogens is 1330 g/mol. The number of pyridine rings is 4. The van der Waals surface area contributed by atoms with E-state index >= 15 is 0 Å². The molecule has 0 saturated carbocycles. The van der Waals surface area contributed by atoms with Crippen LogP contribution in [0.1, 0.15) is 0 Å². The minimum absolute atomic E-state index is 0. The SMILES string of the molecule is [O-]c1c(I)cc(Cl)c2cccnc12.[O-]c1c(I)cc(Cl)c2cccnc12.[O-]c1c(I)cc(Cl)c2cccnc12.[O-]c1c(I)cc(Cl)c2cccnc12.[Zn+2].[Zn+2]. The maximum atomic E-state index is 11.6. The molecule has 0 aliphatic rings. The zero-order chi connectivity index (χ0) is 37.7. The molecule has 4 heterocycles. The topological polar surface area (TPSA) is 144 Å². The van der Waals surface area contributed by atoms with Gasteiger partial charge in [-0.15, -0.1) is 0 Å². The first-order valence-corrected chi connectivity index (χ1v) is 20.2. The second-order valence-electron chi connectivity index (χ2n) is 10.3.